The molecule has 0 rings (SSSR count). The fourth-order valence-electron chi connectivity index (χ4n) is 5.29. The van der Waals surface area contributed by atoms with Crippen LogP contribution in [0, 0.1) is 0 Å². The van der Waals surface area contributed by atoms with Gasteiger partial charge < -0.3 is 28.8 Å². The van der Waals surface area contributed by atoms with Crippen molar-refractivity contribution >= 4 is 11.9 Å². The monoisotopic (exact) mass is 603 g/mol. The zero-order valence-corrected chi connectivity index (χ0v) is 30.5. The van der Waals surface area contributed by atoms with Crippen LogP contribution in [0.3, 0.4) is 0 Å². The van der Waals surface area contributed by atoms with Crippen molar-refractivity contribution in [3.8, 4) is 0 Å². The standard InChI is InChI=1S/2C16H36N.2C2H4O2/c2*1-5-9-13-17(14-10-6-2,15-11-7-3)16-12-8-4;2*1-2(3)4/h2*5-16H2,1-4H3;2*1H3,(H,3,4)/q2*+1;;/p-2. The van der Waals surface area contributed by atoms with E-state index in [1.807, 2.05) is 0 Å². The number of hydrogen-bond donors (Lipinski definition) is 0. The molecule has 6 heteroatoms. The Hall–Kier alpha value is -1.14. The lowest BCUT2D eigenvalue weighted by Crippen LogP contribution is -2.50. The van der Waals surface area contributed by atoms with Gasteiger partial charge in [0.1, 0.15) is 0 Å². The number of nitrogens with zero attached hydrogens (tertiary/aromatic N) is 2. The minimum Gasteiger partial charge on any atom is -0.550 e. The Morgan fingerprint density at radius 1 is 0.357 bits per heavy atom. The lowest BCUT2D eigenvalue weighted by Gasteiger charge is -2.39. The first-order valence-electron chi connectivity index (χ1n) is 18.0. The van der Waals surface area contributed by atoms with Crippen molar-refractivity contribution < 1.29 is 28.8 Å². The molecule has 42 heavy (non-hydrogen) atoms. The molecule has 0 saturated heterocycles. The number of carboxylic acids is 2. The molecule has 0 amide bonds. The third-order valence-electron chi connectivity index (χ3n) is 7.89. The molecule has 0 bridgehead atoms. The summed E-state index contributed by atoms with van der Waals surface area (Å²) >= 11 is 0. The molecule has 0 spiro atoms. The smallest absolute Gasteiger partial charge is 0.0786 e. The number of hydrogen-bond acceptors (Lipinski definition) is 4. The number of carbonyl (C=O) groups excluding carboxylic acids is 2. The van der Waals surface area contributed by atoms with Gasteiger partial charge in [0.25, 0.3) is 0 Å². The summed E-state index contributed by atoms with van der Waals surface area (Å²) in [5, 5.41) is 17.8. The highest BCUT2D eigenvalue weighted by Gasteiger charge is 2.25. The minimum atomic E-state index is -1.08. The summed E-state index contributed by atoms with van der Waals surface area (Å²) < 4.78 is 2.84. The first-order valence-corrected chi connectivity index (χ1v) is 18.0. The van der Waals surface area contributed by atoms with Crippen LogP contribution in [0.25, 0.3) is 0 Å². The summed E-state index contributed by atoms with van der Waals surface area (Å²) in [6.07, 6.45) is 22.1. The summed E-state index contributed by atoms with van der Waals surface area (Å²) in [5.74, 6) is -2.17. The van der Waals surface area contributed by atoms with Gasteiger partial charge in [-0.15, -0.1) is 0 Å². The maximum atomic E-state index is 8.89. The normalized spacial score (nSPS) is 10.9. The number of unbranched alkanes of at least 4 members (excludes halogenated alkanes) is 8. The van der Waals surface area contributed by atoms with Crippen molar-refractivity contribution in [1.82, 2.24) is 0 Å². The van der Waals surface area contributed by atoms with Gasteiger partial charge in [0.2, 0.25) is 0 Å². The largest absolute Gasteiger partial charge is 0.550 e. The topological polar surface area (TPSA) is 80.3 Å². The van der Waals surface area contributed by atoms with Crippen LogP contribution in [-0.4, -0.2) is 73.3 Å². The molecule has 0 saturated carbocycles. The Morgan fingerprint density at radius 2 is 0.452 bits per heavy atom. The van der Waals surface area contributed by atoms with E-state index in [-0.39, 0.29) is 0 Å². The molecule has 0 N–H and O–H groups in total. The van der Waals surface area contributed by atoms with Crippen LogP contribution < -0.4 is 10.2 Å². The van der Waals surface area contributed by atoms with Crippen LogP contribution in [0.1, 0.15) is 172 Å². The maximum absolute atomic E-state index is 8.89. The van der Waals surface area contributed by atoms with Crippen molar-refractivity contribution in [3.63, 3.8) is 0 Å². The predicted octanol–water partition coefficient (Wildman–Crippen LogP) is 7.52. The lowest BCUT2D eigenvalue weighted by molar-refractivity contribution is -0.929. The molecule has 0 aromatic heterocycles. The van der Waals surface area contributed by atoms with Gasteiger partial charge in [-0.1, -0.05) is 107 Å². The second kappa shape index (κ2) is 36.1. The van der Waals surface area contributed by atoms with Gasteiger partial charge in [0, 0.05) is 11.9 Å². The Kier molecular flexibility index (Phi) is 41.0. The van der Waals surface area contributed by atoms with Crippen LogP contribution in [-0.2, 0) is 9.59 Å². The van der Waals surface area contributed by atoms with Crippen molar-refractivity contribution in [2.45, 2.75) is 172 Å². The van der Waals surface area contributed by atoms with E-state index >= 15 is 0 Å². The number of quaternary nitrogens is 2. The van der Waals surface area contributed by atoms with E-state index in [0.29, 0.717) is 0 Å². The van der Waals surface area contributed by atoms with E-state index in [1.54, 1.807) is 0 Å². The Bertz CT molecular complexity index is 423. The molecule has 0 heterocycles. The summed E-state index contributed by atoms with van der Waals surface area (Å²) in [5.41, 5.74) is 0. The van der Waals surface area contributed by atoms with Crippen molar-refractivity contribution in [2.24, 2.45) is 0 Å². The second-order valence-electron chi connectivity index (χ2n) is 12.3. The predicted molar refractivity (Wildman–Crippen MR) is 180 cm³/mol. The molecule has 0 aliphatic carbocycles. The van der Waals surface area contributed by atoms with Crippen molar-refractivity contribution in [3.05, 3.63) is 0 Å². The van der Waals surface area contributed by atoms with E-state index in [9.17, 15) is 0 Å². The van der Waals surface area contributed by atoms with Gasteiger partial charge >= 0.3 is 0 Å². The van der Waals surface area contributed by atoms with E-state index in [2.05, 4.69) is 55.4 Å². The molecule has 256 valence electrons. The number of rotatable bonds is 24. The summed E-state index contributed by atoms with van der Waals surface area (Å²) in [4.78, 5) is 17.8. The molecular formula is C36H78N2O4. The molecule has 0 unspecified atom stereocenters. The molecule has 6 nitrogen and oxygen atoms in total. The van der Waals surface area contributed by atoms with Gasteiger partial charge in [0.05, 0.1) is 52.4 Å². The molecule has 0 fully saturated rings. The van der Waals surface area contributed by atoms with Crippen molar-refractivity contribution in [1.29, 1.82) is 0 Å². The first kappa shape index (κ1) is 47.8. The highest BCUT2D eigenvalue weighted by Crippen LogP contribution is 2.17. The minimum absolute atomic E-state index is 0.972. The Morgan fingerprint density at radius 3 is 0.524 bits per heavy atom. The van der Waals surface area contributed by atoms with Gasteiger partial charge in [0.15, 0.2) is 0 Å². The van der Waals surface area contributed by atoms with E-state index in [0.717, 1.165) is 13.8 Å². The third-order valence-corrected chi connectivity index (χ3v) is 7.89. The zero-order valence-electron chi connectivity index (χ0n) is 30.5. The van der Waals surface area contributed by atoms with E-state index in [1.165, 1.54) is 164 Å². The van der Waals surface area contributed by atoms with E-state index in [4.69, 9.17) is 19.8 Å². The quantitative estimate of drug-likeness (QED) is 0.107. The Balaban J connectivity index is -0.000000273. The van der Waals surface area contributed by atoms with Crippen LogP contribution in [0.15, 0.2) is 0 Å². The van der Waals surface area contributed by atoms with Gasteiger partial charge in [-0.25, -0.2) is 0 Å². The van der Waals surface area contributed by atoms with Crippen LogP contribution in [0.2, 0.25) is 0 Å². The summed E-state index contributed by atoms with van der Waals surface area (Å²) in [6, 6.07) is 0. The SMILES string of the molecule is CC(=O)[O-].CC(=O)[O-].CCCC[N+](CCCC)(CCCC)CCCC.CCCC[N+](CCCC)(CCCC)CCCC. The lowest BCUT2D eigenvalue weighted by atomic mass is 10.1. The molecule has 0 radical (unpaired) electrons. The van der Waals surface area contributed by atoms with Crippen LogP contribution in [0.5, 0.6) is 0 Å². The molecule has 0 aromatic carbocycles. The number of carbonyl (C=O) groups is 2. The number of aliphatic carboxylic acids is 2. The average Bonchev–Trinajstić information content (AvgIpc) is 2.95. The van der Waals surface area contributed by atoms with Crippen molar-refractivity contribution in [2.75, 3.05) is 52.4 Å². The highest BCUT2D eigenvalue weighted by molar-refractivity contribution is 5.60. The van der Waals surface area contributed by atoms with Gasteiger partial charge in [-0.2, -0.15) is 0 Å². The first-order chi connectivity index (χ1) is 19.9. The number of carboxylic acid groups (broad SMARTS) is 2. The molecule has 0 aliphatic heterocycles. The third kappa shape index (κ3) is 36.9. The summed E-state index contributed by atoms with van der Waals surface area (Å²) in [7, 11) is 0. The fraction of sp³-hybridized carbons (Fsp3) is 0.944. The zero-order chi connectivity index (χ0) is 33.1. The molecule has 0 aromatic rings. The van der Waals surface area contributed by atoms with E-state index < -0.39 is 11.9 Å². The van der Waals surface area contributed by atoms with Crippen LogP contribution >= 0.6 is 0 Å². The average molecular weight is 603 g/mol. The highest BCUT2D eigenvalue weighted by atomic mass is 16.4. The molecule has 0 aliphatic rings. The molecule has 0 atom stereocenters. The van der Waals surface area contributed by atoms with Gasteiger partial charge in [-0.3, -0.25) is 0 Å². The van der Waals surface area contributed by atoms with Crippen LogP contribution in [0.4, 0.5) is 0 Å². The molecular weight excluding hydrogens is 524 g/mol. The van der Waals surface area contributed by atoms with Gasteiger partial charge in [-0.05, 0) is 65.2 Å². The fourth-order valence-corrected chi connectivity index (χ4v) is 5.29. The Labute approximate surface area is 264 Å². The summed E-state index contributed by atoms with van der Waals surface area (Å²) in [6.45, 7) is 32.0. The maximum Gasteiger partial charge on any atom is 0.0786 e. The second-order valence-corrected chi connectivity index (χ2v) is 12.3.